The smallest absolute Gasteiger partial charge is 0.248 e. The third-order valence-electron chi connectivity index (χ3n) is 2.99. The molecule has 0 unspecified atom stereocenters. The predicted octanol–water partition coefficient (Wildman–Crippen LogP) is 2.41. The summed E-state index contributed by atoms with van der Waals surface area (Å²) in [6.45, 7) is 2.33. The number of amides is 1. The average Bonchev–Trinajstić information content (AvgIpc) is 2.38. The zero-order chi connectivity index (χ0) is 14.5. The number of H-pyrrole nitrogens is 1. The highest BCUT2D eigenvalue weighted by atomic mass is 16.5. The number of aromatic nitrogens is 1. The molecule has 0 saturated carbocycles. The summed E-state index contributed by atoms with van der Waals surface area (Å²) in [5, 5.41) is 3.73. The fourth-order valence-electron chi connectivity index (χ4n) is 2.14. The van der Waals surface area contributed by atoms with Gasteiger partial charge in [-0.2, -0.15) is 0 Å². The standard InChI is InChI=1S/C15H18N2O3/c1-3-4-14(18)16-11-5-6-12-10(9-20-2)7-15(19)17-13(12)8-11/h5-8H,3-4,9H2,1-2H3,(H,16,18)(H,17,19). The lowest BCUT2D eigenvalue weighted by Crippen LogP contribution is -2.11. The van der Waals surface area contributed by atoms with E-state index in [-0.39, 0.29) is 11.5 Å². The molecule has 0 spiro atoms. The minimum atomic E-state index is -0.179. The van der Waals surface area contributed by atoms with Crippen molar-refractivity contribution in [1.29, 1.82) is 0 Å². The van der Waals surface area contributed by atoms with E-state index >= 15 is 0 Å². The largest absolute Gasteiger partial charge is 0.380 e. The molecule has 5 nitrogen and oxygen atoms in total. The summed E-state index contributed by atoms with van der Waals surface area (Å²) in [5.41, 5.74) is 2.03. The number of ether oxygens (including phenoxy) is 1. The monoisotopic (exact) mass is 274 g/mol. The van der Waals surface area contributed by atoms with Crippen LogP contribution in [0.15, 0.2) is 29.1 Å². The molecule has 20 heavy (non-hydrogen) atoms. The van der Waals surface area contributed by atoms with Gasteiger partial charge in [-0.1, -0.05) is 13.0 Å². The Morgan fingerprint density at radius 1 is 1.35 bits per heavy atom. The van der Waals surface area contributed by atoms with Crippen molar-refractivity contribution in [1.82, 2.24) is 4.98 Å². The van der Waals surface area contributed by atoms with Crippen molar-refractivity contribution in [3.8, 4) is 0 Å². The fraction of sp³-hybridized carbons (Fsp3) is 0.333. The summed E-state index contributed by atoms with van der Waals surface area (Å²) < 4.78 is 5.10. The second-order valence-corrected chi connectivity index (χ2v) is 4.65. The van der Waals surface area contributed by atoms with Crippen LogP contribution in [0.4, 0.5) is 5.69 Å². The van der Waals surface area contributed by atoms with E-state index in [0.717, 1.165) is 17.4 Å². The number of hydrogen-bond donors (Lipinski definition) is 2. The number of aromatic amines is 1. The van der Waals surface area contributed by atoms with Crippen LogP contribution in [-0.4, -0.2) is 18.0 Å². The van der Waals surface area contributed by atoms with Gasteiger partial charge in [0.05, 0.1) is 12.1 Å². The second-order valence-electron chi connectivity index (χ2n) is 4.65. The van der Waals surface area contributed by atoms with Gasteiger partial charge in [0.1, 0.15) is 0 Å². The van der Waals surface area contributed by atoms with Gasteiger partial charge in [-0.15, -0.1) is 0 Å². The lowest BCUT2D eigenvalue weighted by atomic mass is 10.1. The molecule has 0 aliphatic carbocycles. The van der Waals surface area contributed by atoms with Gasteiger partial charge in [-0.25, -0.2) is 0 Å². The molecule has 1 aromatic carbocycles. The summed E-state index contributed by atoms with van der Waals surface area (Å²) in [7, 11) is 1.59. The molecule has 2 aromatic rings. The highest BCUT2D eigenvalue weighted by Gasteiger charge is 2.06. The maximum Gasteiger partial charge on any atom is 0.248 e. The number of carbonyl (C=O) groups excluding carboxylic acids is 1. The molecule has 0 aliphatic rings. The molecule has 106 valence electrons. The SMILES string of the molecule is CCCC(=O)Nc1ccc2c(COC)cc(=O)[nH]c2c1. The van der Waals surface area contributed by atoms with E-state index < -0.39 is 0 Å². The molecule has 5 heteroatoms. The van der Waals surface area contributed by atoms with E-state index in [1.54, 1.807) is 13.2 Å². The zero-order valence-electron chi connectivity index (χ0n) is 11.7. The lowest BCUT2D eigenvalue weighted by molar-refractivity contribution is -0.116. The third-order valence-corrected chi connectivity index (χ3v) is 2.99. The number of hydrogen-bond acceptors (Lipinski definition) is 3. The fourth-order valence-corrected chi connectivity index (χ4v) is 2.14. The van der Waals surface area contributed by atoms with Crippen molar-refractivity contribution in [2.45, 2.75) is 26.4 Å². The molecule has 1 heterocycles. The first kappa shape index (κ1) is 14.3. The van der Waals surface area contributed by atoms with Gasteiger partial charge in [-0.3, -0.25) is 9.59 Å². The van der Waals surface area contributed by atoms with Gasteiger partial charge in [0.15, 0.2) is 0 Å². The minimum absolute atomic E-state index is 0.0257. The molecule has 1 amide bonds. The Bertz CT molecular complexity index is 676. The molecule has 0 atom stereocenters. The van der Waals surface area contributed by atoms with Crippen LogP contribution in [0, 0.1) is 0 Å². The predicted molar refractivity (Wildman–Crippen MR) is 78.8 cm³/mol. The summed E-state index contributed by atoms with van der Waals surface area (Å²) in [6.07, 6.45) is 1.28. The molecule has 1 aromatic heterocycles. The van der Waals surface area contributed by atoms with E-state index in [1.807, 2.05) is 19.1 Å². The van der Waals surface area contributed by atoms with Crippen LogP contribution in [0.1, 0.15) is 25.3 Å². The summed E-state index contributed by atoms with van der Waals surface area (Å²) in [4.78, 5) is 26.0. The van der Waals surface area contributed by atoms with Crippen LogP contribution in [0.25, 0.3) is 10.9 Å². The maximum absolute atomic E-state index is 11.6. The van der Waals surface area contributed by atoms with Gasteiger partial charge in [0.2, 0.25) is 11.5 Å². The number of methoxy groups -OCH3 is 1. The zero-order valence-corrected chi connectivity index (χ0v) is 11.7. The molecular formula is C15H18N2O3. The number of nitrogens with one attached hydrogen (secondary N) is 2. The van der Waals surface area contributed by atoms with Gasteiger partial charge >= 0.3 is 0 Å². The van der Waals surface area contributed by atoms with E-state index in [4.69, 9.17) is 4.74 Å². The minimum Gasteiger partial charge on any atom is -0.380 e. The van der Waals surface area contributed by atoms with Gasteiger partial charge in [0, 0.05) is 30.7 Å². The Morgan fingerprint density at radius 3 is 2.85 bits per heavy atom. The molecule has 0 fully saturated rings. The van der Waals surface area contributed by atoms with Gasteiger partial charge in [-0.05, 0) is 24.1 Å². The van der Waals surface area contributed by atoms with Crippen molar-refractivity contribution in [3.63, 3.8) is 0 Å². The van der Waals surface area contributed by atoms with E-state index in [1.165, 1.54) is 6.07 Å². The molecule has 0 radical (unpaired) electrons. The highest BCUT2D eigenvalue weighted by molar-refractivity contribution is 5.94. The Morgan fingerprint density at radius 2 is 2.15 bits per heavy atom. The van der Waals surface area contributed by atoms with Crippen LogP contribution < -0.4 is 10.9 Å². The number of fused-ring (bicyclic) bond motifs is 1. The van der Waals surface area contributed by atoms with Gasteiger partial charge in [0.25, 0.3) is 0 Å². The first-order valence-electron chi connectivity index (χ1n) is 6.58. The summed E-state index contributed by atoms with van der Waals surface area (Å²) in [5.74, 6) is -0.0257. The third kappa shape index (κ3) is 3.24. The molecular weight excluding hydrogens is 256 g/mol. The number of rotatable bonds is 5. The highest BCUT2D eigenvalue weighted by Crippen LogP contribution is 2.20. The first-order chi connectivity index (χ1) is 9.63. The molecule has 2 N–H and O–H groups in total. The van der Waals surface area contributed by atoms with Crippen LogP contribution in [-0.2, 0) is 16.1 Å². The van der Waals surface area contributed by atoms with Crippen LogP contribution >= 0.6 is 0 Å². The molecule has 2 rings (SSSR count). The lowest BCUT2D eigenvalue weighted by Gasteiger charge is -2.08. The number of pyridine rings is 1. The Labute approximate surface area is 117 Å². The number of carbonyl (C=O) groups is 1. The van der Waals surface area contributed by atoms with E-state index in [0.29, 0.717) is 24.2 Å². The second kappa shape index (κ2) is 6.34. The summed E-state index contributed by atoms with van der Waals surface area (Å²) >= 11 is 0. The number of anilines is 1. The Kier molecular flexibility index (Phi) is 4.53. The topological polar surface area (TPSA) is 71.2 Å². The van der Waals surface area contributed by atoms with Crippen molar-refractivity contribution >= 4 is 22.5 Å². The first-order valence-corrected chi connectivity index (χ1v) is 6.58. The summed E-state index contributed by atoms with van der Waals surface area (Å²) in [6, 6.07) is 7.00. The Balaban J connectivity index is 2.39. The van der Waals surface area contributed by atoms with Crippen molar-refractivity contribution in [2.75, 3.05) is 12.4 Å². The van der Waals surface area contributed by atoms with Crippen LogP contribution in [0.3, 0.4) is 0 Å². The van der Waals surface area contributed by atoms with Crippen molar-refractivity contribution in [2.24, 2.45) is 0 Å². The van der Waals surface area contributed by atoms with Gasteiger partial charge < -0.3 is 15.0 Å². The average molecular weight is 274 g/mol. The van der Waals surface area contributed by atoms with Crippen molar-refractivity contribution < 1.29 is 9.53 Å². The van der Waals surface area contributed by atoms with Crippen molar-refractivity contribution in [3.05, 3.63) is 40.2 Å². The molecule has 0 aliphatic heterocycles. The van der Waals surface area contributed by atoms with E-state index in [9.17, 15) is 9.59 Å². The molecule has 0 saturated heterocycles. The Hall–Kier alpha value is -2.14. The number of benzene rings is 1. The quantitative estimate of drug-likeness (QED) is 0.879. The maximum atomic E-state index is 11.6. The van der Waals surface area contributed by atoms with Crippen LogP contribution in [0.2, 0.25) is 0 Å². The van der Waals surface area contributed by atoms with E-state index in [2.05, 4.69) is 10.3 Å². The van der Waals surface area contributed by atoms with Crippen LogP contribution in [0.5, 0.6) is 0 Å². The molecule has 0 bridgehead atoms. The normalized spacial score (nSPS) is 10.7.